The second-order valence-electron chi connectivity index (χ2n) is 4.29. The van der Waals surface area contributed by atoms with E-state index in [9.17, 15) is 9.18 Å². The predicted octanol–water partition coefficient (Wildman–Crippen LogP) is 2.16. The normalized spacial score (nSPS) is 10.7. The Hall–Kier alpha value is -2.69. The third kappa shape index (κ3) is 2.38. The van der Waals surface area contributed by atoms with Gasteiger partial charge in [-0.3, -0.25) is 4.79 Å². The zero-order valence-electron chi connectivity index (χ0n) is 10.5. The fourth-order valence-electron chi connectivity index (χ4n) is 1.87. The summed E-state index contributed by atoms with van der Waals surface area (Å²) in [7, 11) is 0. The lowest BCUT2D eigenvalue weighted by Gasteiger charge is -2.08. The van der Waals surface area contributed by atoms with Crippen LogP contribution < -0.4 is 10.4 Å². The zero-order valence-corrected chi connectivity index (χ0v) is 10.5. The van der Waals surface area contributed by atoms with Crippen LogP contribution >= 0.6 is 0 Å². The Labute approximate surface area is 114 Å². The molecular weight excluding hydrogens is 259 g/mol. The molecule has 4 nitrogen and oxygen atoms in total. The molecule has 0 radical (unpaired) electrons. The Bertz CT molecular complexity index is 797. The van der Waals surface area contributed by atoms with Gasteiger partial charge < -0.3 is 4.84 Å². The van der Waals surface area contributed by atoms with Crippen LogP contribution in [0.1, 0.15) is 5.56 Å². The minimum absolute atomic E-state index is 0.167. The maximum atomic E-state index is 12.8. The van der Waals surface area contributed by atoms with Gasteiger partial charge in [0.05, 0.1) is 10.9 Å². The van der Waals surface area contributed by atoms with Crippen LogP contribution in [0, 0.1) is 5.82 Å². The largest absolute Gasteiger partial charge is 0.405 e. The predicted molar refractivity (Wildman–Crippen MR) is 72.7 cm³/mol. The van der Waals surface area contributed by atoms with Crippen molar-refractivity contribution >= 4 is 10.9 Å². The van der Waals surface area contributed by atoms with Crippen LogP contribution in [0.2, 0.25) is 0 Å². The number of hydrogen-bond donors (Lipinski definition) is 0. The van der Waals surface area contributed by atoms with Crippen molar-refractivity contribution in [2.45, 2.75) is 6.61 Å². The maximum absolute atomic E-state index is 12.8. The molecule has 0 aliphatic carbocycles. The lowest BCUT2D eigenvalue weighted by Crippen LogP contribution is -2.26. The first-order chi connectivity index (χ1) is 9.74. The van der Waals surface area contributed by atoms with Crippen LogP contribution in [-0.4, -0.2) is 9.71 Å². The molecule has 0 unspecified atom stereocenters. The highest BCUT2D eigenvalue weighted by Gasteiger charge is 2.04. The number of rotatable bonds is 3. The van der Waals surface area contributed by atoms with Gasteiger partial charge in [-0.2, -0.15) is 0 Å². The first kappa shape index (κ1) is 12.3. The summed E-state index contributed by atoms with van der Waals surface area (Å²) in [5.74, 6) is -0.307. The highest BCUT2D eigenvalue weighted by atomic mass is 19.1. The maximum Gasteiger partial charge on any atom is 0.293 e. The Balaban J connectivity index is 1.86. The third-order valence-electron chi connectivity index (χ3n) is 2.92. The highest BCUT2D eigenvalue weighted by molar-refractivity contribution is 5.76. The summed E-state index contributed by atoms with van der Waals surface area (Å²) in [4.78, 5) is 21.7. The van der Waals surface area contributed by atoms with Gasteiger partial charge in [-0.15, -0.1) is 4.73 Å². The van der Waals surface area contributed by atoms with Crippen molar-refractivity contribution in [3.63, 3.8) is 0 Å². The van der Waals surface area contributed by atoms with Crippen LogP contribution in [0.3, 0.4) is 0 Å². The number of hydrogen-bond acceptors (Lipinski definition) is 3. The molecule has 0 spiro atoms. The van der Waals surface area contributed by atoms with E-state index in [1.165, 1.54) is 18.5 Å². The molecule has 0 aliphatic rings. The van der Waals surface area contributed by atoms with Crippen LogP contribution in [0.5, 0.6) is 0 Å². The van der Waals surface area contributed by atoms with E-state index in [-0.39, 0.29) is 18.0 Å². The van der Waals surface area contributed by atoms with E-state index in [0.717, 1.165) is 10.3 Å². The van der Waals surface area contributed by atoms with Gasteiger partial charge in [0.15, 0.2) is 0 Å². The highest BCUT2D eigenvalue weighted by Crippen LogP contribution is 2.05. The molecule has 3 aromatic rings. The van der Waals surface area contributed by atoms with Crippen molar-refractivity contribution in [3.05, 3.63) is 76.6 Å². The Morgan fingerprint density at radius 1 is 1.10 bits per heavy atom. The van der Waals surface area contributed by atoms with Gasteiger partial charge in [-0.25, -0.2) is 9.37 Å². The molecule has 100 valence electrons. The van der Waals surface area contributed by atoms with Gasteiger partial charge in [-0.05, 0) is 29.8 Å². The van der Waals surface area contributed by atoms with E-state index in [1.54, 1.807) is 30.3 Å². The summed E-state index contributed by atoms with van der Waals surface area (Å²) in [6, 6.07) is 13.0. The number of halogens is 1. The molecule has 0 bridgehead atoms. The molecule has 2 aromatic carbocycles. The van der Waals surface area contributed by atoms with Crippen LogP contribution in [0.4, 0.5) is 4.39 Å². The summed E-state index contributed by atoms with van der Waals surface area (Å²) in [5.41, 5.74) is 1.13. The smallest absolute Gasteiger partial charge is 0.293 e. The van der Waals surface area contributed by atoms with Gasteiger partial charge in [-0.1, -0.05) is 24.3 Å². The summed E-state index contributed by atoms with van der Waals surface area (Å²) in [6.07, 6.45) is 1.34. The fraction of sp³-hybridized carbons (Fsp3) is 0.0667. The lowest BCUT2D eigenvalue weighted by molar-refractivity contribution is 0.0880. The van der Waals surface area contributed by atoms with Gasteiger partial charge in [0.2, 0.25) is 0 Å². The first-order valence-corrected chi connectivity index (χ1v) is 6.08. The van der Waals surface area contributed by atoms with Crippen molar-refractivity contribution in [3.8, 4) is 0 Å². The van der Waals surface area contributed by atoms with Gasteiger partial charge in [0.25, 0.3) is 5.56 Å². The van der Waals surface area contributed by atoms with E-state index in [0.29, 0.717) is 10.9 Å². The van der Waals surface area contributed by atoms with E-state index in [2.05, 4.69) is 4.98 Å². The van der Waals surface area contributed by atoms with E-state index < -0.39 is 0 Å². The number of benzene rings is 2. The average molecular weight is 270 g/mol. The Kier molecular flexibility index (Phi) is 3.16. The van der Waals surface area contributed by atoms with Crippen LogP contribution in [0.15, 0.2) is 59.7 Å². The van der Waals surface area contributed by atoms with Crippen molar-refractivity contribution in [2.75, 3.05) is 0 Å². The molecule has 0 saturated carbocycles. The summed E-state index contributed by atoms with van der Waals surface area (Å²) >= 11 is 0. The number of aromatic nitrogens is 2. The zero-order chi connectivity index (χ0) is 13.9. The molecule has 0 aliphatic heterocycles. The second-order valence-corrected chi connectivity index (χ2v) is 4.29. The molecule has 1 aromatic heterocycles. The topological polar surface area (TPSA) is 44.1 Å². The van der Waals surface area contributed by atoms with Crippen molar-refractivity contribution in [1.82, 2.24) is 9.71 Å². The SMILES string of the molecule is O=c1c2ccccc2ncn1OCc1ccc(F)cc1. The molecule has 1 heterocycles. The molecular formula is C15H11FN2O2. The summed E-state index contributed by atoms with van der Waals surface area (Å²) in [6.45, 7) is 0.167. The van der Waals surface area contributed by atoms with Gasteiger partial charge in [0, 0.05) is 0 Å². The van der Waals surface area contributed by atoms with E-state index in [4.69, 9.17) is 4.84 Å². The molecule has 20 heavy (non-hydrogen) atoms. The standard InChI is InChI=1S/C15H11FN2O2/c16-12-7-5-11(6-8-12)9-20-18-10-17-14-4-2-1-3-13(14)15(18)19/h1-8,10H,9H2. The minimum Gasteiger partial charge on any atom is -0.405 e. The van der Waals surface area contributed by atoms with E-state index in [1.807, 2.05) is 6.07 Å². The fourth-order valence-corrected chi connectivity index (χ4v) is 1.87. The van der Waals surface area contributed by atoms with Crippen molar-refractivity contribution < 1.29 is 9.23 Å². The summed E-state index contributed by atoms with van der Waals surface area (Å²) < 4.78 is 13.9. The minimum atomic E-state index is -0.307. The second kappa shape index (κ2) is 5.13. The van der Waals surface area contributed by atoms with Crippen LogP contribution in [-0.2, 0) is 6.61 Å². The molecule has 0 saturated heterocycles. The van der Waals surface area contributed by atoms with Gasteiger partial charge in [0.1, 0.15) is 18.8 Å². The summed E-state index contributed by atoms with van der Waals surface area (Å²) in [5, 5.41) is 0.495. The molecule has 0 fully saturated rings. The number of nitrogens with zero attached hydrogens (tertiary/aromatic N) is 2. The molecule has 0 atom stereocenters. The van der Waals surface area contributed by atoms with Crippen molar-refractivity contribution in [1.29, 1.82) is 0 Å². The quantitative estimate of drug-likeness (QED) is 0.732. The number of fused-ring (bicyclic) bond motifs is 1. The van der Waals surface area contributed by atoms with Crippen molar-refractivity contribution in [2.24, 2.45) is 0 Å². The lowest BCUT2D eigenvalue weighted by atomic mass is 10.2. The molecule has 0 amide bonds. The number of para-hydroxylation sites is 1. The van der Waals surface area contributed by atoms with E-state index >= 15 is 0 Å². The first-order valence-electron chi connectivity index (χ1n) is 6.08. The third-order valence-corrected chi connectivity index (χ3v) is 2.92. The van der Waals surface area contributed by atoms with Gasteiger partial charge >= 0.3 is 0 Å². The average Bonchev–Trinajstić information content (AvgIpc) is 2.49. The molecule has 5 heteroatoms. The van der Waals surface area contributed by atoms with Crippen LogP contribution in [0.25, 0.3) is 10.9 Å². The molecule has 3 rings (SSSR count). The Morgan fingerprint density at radius 2 is 1.85 bits per heavy atom. The Morgan fingerprint density at radius 3 is 2.65 bits per heavy atom. The monoisotopic (exact) mass is 270 g/mol. The molecule has 0 N–H and O–H groups in total.